The summed E-state index contributed by atoms with van der Waals surface area (Å²) < 4.78 is 44.8. The van der Waals surface area contributed by atoms with Gasteiger partial charge in [0.25, 0.3) is 5.88 Å². The van der Waals surface area contributed by atoms with Crippen LogP contribution >= 0.6 is 0 Å². The van der Waals surface area contributed by atoms with Crippen LogP contribution < -0.4 is 10.1 Å². The number of hydrogen-bond donors (Lipinski definition) is 1. The van der Waals surface area contributed by atoms with Crippen LogP contribution in [0.15, 0.2) is 30.5 Å². The van der Waals surface area contributed by atoms with E-state index in [1.165, 1.54) is 18.3 Å². The summed E-state index contributed by atoms with van der Waals surface area (Å²) in [6.07, 6.45) is 1.38. The number of hydrogen-bond acceptors (Lipinski definition) is 3. The minimum absolute atomic E-state index is 0.0214. The van der Waals surface area contributed by atoms with Crippen molar-refractivity contribution in [3.8, 4) is 11.6 Å². The third kappa shape index (κ3) is 3.03. The van der Waals surface area contributed by atoms with Gasteiger partial charge in [0, 0.05) is 24.4 Å². The van der Waals surface area contributed by atoms with Crippen molar-refractivity contribution in [1.82, 2.24) is 10.3 Å². The van der Waals surface area contributed by atoms with E-state index in [0.29, 0.717) is 12.1 Å². The Morgan fingerprint density at radius 3 is 2.63 bits per heavy atom. The van der Waals surface area contributed by atoms with Crippen LogP contribution in [-0.2, 0) is 6.54 Å². The molecule has 1 N–H and O–H groups in total. The van der Waals surface area contributed by atoms with Gasteiger partial charge in [-0.1, -0.05) is 0 Å². The van der Waals surface area contributed by atoms with Crippen LogP contribution in [0.5, 0.6) is 11.6 Å². The lowest BCUT2D eigenvalue weighted by molar-refractivity contribution is 0.411. The molecule has 1 aromatic carbocycles. The normalized spacial score (nSPS) is 10.5. The van der Waals surface area contributed by atoms with Gasteiger partial charge in [0.15, 0.2) is 17.5 Å². The highest BCUT2D eigenvalue weighted by Gasteiger charge is 2.12. The molecule has 0 unspecified atom stereocenters. The zero-order valence-corrected chi connectivity index (χ0v) is 10.1. The summed E-state index contributed by atoms with van der Waals surface area (Å²) in [5, 5.41) is 2.80. The van der Waals surface area contributed by atoms with Crippen LogP contribution in [0.3, 0.4) is 0 Å². The van der Waals surface area contributed by atoms with Crippen LogP contribution in [0, 0.1) is 17.5 Å². The van der Waals surface area contributed by atoms with E-state index >= 15 is 0 Å². The van der Waals surface area contributed by atoms with Gasteiger partial charge in [-0.2, -0.15) is 0 Å². The van der Waals surface area contributed by atoms with E-state index in [1.807, 2.05) is 0 Å². The van der Waals surface area contributed by atoms with Gasteiger partial charge < -0.3 is 10.1 Å². The Kier molecular flexibility index (Phi) is 4.01. The van der Waals surface area contributed by atoms with Crippen molar-refractivity contribution in [1.29, 1.82) is 0 Å². The molecule has 3 nitrogen and oxygen atoms in total. The molecule has 2 aromatic rings. The van der Waals surface area contributed by atoms with Gasteiger partial charge >= 0.3 is 0 Å². The van der Waals surface area contributed by atoms with Crippen molar-refractivity contribution in [2.24, 2.45) is 0 Å². The number of aromatic nitrogens is 1. The van der Waals surface area contributed by atoms with E-state index in [2.05, 4.69) is 10.3 Å². The van der Waals surface area contributed by atoms with Gasteiger partial charge in [-0.25, -0.2) is 18.2 Å². The molecule has 0 saturated carbocycles. The minimum atomic E-state index is -1.07. The Hall–Kier alpha value is -2.08. The lowest BCUT2D eigenvalue weighted by atomic mass is 10.2. The molecule has 1 aromatic heterocycles. The maximum absolute atomic E-state index is 13.9. The highest BCUT2D eigenvalue weighted by Crippen LogP contribution is 2.25. The summed E-state index contributed by atoms with van der Waals surface area (Å²) in [7, 11) is 1.68. The van der Waals surface area contributed by atoms with Crippen molar-refractivity contribution in [3.05, 3.63) is 53.5 Å². The Balaban J connectivity index is 2.27. The Labute approximate surface area is 108 Å². The molecule has 0 aliphatic rings. The molecule has 0 bridgehead atoms. The van der Waals surface area contributed by atoms with Gasteiger partial charge in [0.05, 0.1) is 0 Å². The summed E-state index contributed by atoms with van der Waals surface area (Å²) in [5.41, 5.74) is 0.370. The predicted molar refractivity (Wildman–Crippen MR) is 63.4 cm³/mol. The lowest BCUT2D eigenvalue weighted by Gasteiger charge is -2.08. The Bertz CT molecular complexity index is 590. The minimum Gasteiger partial charge on any atom is -0.436 e. The number of ether oxygens (including phenoxy) is 1. The number of pyridine rings is 1. The van der Waals surface area contributed by atoms with Crippen LogP contribution in [0.2, 0.25) is 0 Å². The third-order valence-corrected chi connectivity index (χ3v) is 2.41. The zero-order valence-electron chi connectivity index (χ0n) is 10.1. The molecule has 2 rings (SSSR count). The second-order valence-corrected chi connectivity index (χ2v) is 3.80. The van der Waals surface area contributed by atoms with E-state index in [4.69, 9.17) is 4.74 Å². The molecule has 0 fully saturated rings. The fourth-order valence-corrected chi connectivity index (χ4v) is 1.51. The maximum Gasteiger partial charge on any atom is 0.256 e. The van der Waals surface area contributed by atoms with E-state index < -0.39 is 17.5 Å². The molecule has 0 radical (unpaired) electrons. The first-order chi connectivity index (χ1) is 9.11. The molecule has 0 saturated heterocycles. The molecular weight excluding hydrogens is 257 g/mol. The van der Waals surface area contributed by atoms with Gasteiger partial charge in [0.2, 0.25) is 0 Å². The molecule has 6 heteroatoms. The summed E-state index contributed by atoms with van der Waals surface area (Å²) >= 11 is 0. The van der Waals surface area contributed by atoms with Crippen molar-refractivity contribution in [2.45, 2.75) is 6.54 Å². The van der Waals surface area contributed by atoms with E-state index in [1.54, 1.807) is 7.05 Å². The van der Waals surface area contributed by atoms with Crippen LogP contribution in [0.4, 0.5) is 13.2 Å². The molecule has 0 amide bonds. The third-order valence-electron chi connectivity index (χ3n) is 2.41. The monoisotopic (exact) mass is 268 g/mol. The summed E-state index contributed by atoms with van der Waals surface area (Å²) in [6, 6.07) is 4.44. The summed E-state index contributed by atoms with van der Waals surface area (Å²) in [6.45, 7) is 0.308. The zero-order chi connectivity index (χ0) is 13.8. The fraction of sp³-hybridized carbons (Fsp3) is 0.154. The van der Waals surface area contributed by atoms with Gasteiger partial charge in [-0.15, -0.1) is 0 Å². The van der Waals surface area contributed by atoms with Crippen LogP contribution in [-0.4, -0.2) is 12.0 Å². The van der Waals surface area contributed by atoms with Crippen LogP contribution in [0.25, 0.3) is 0 Å². The quantitative estimate of drug-likeness (QED) is 0.925. The molecule has 19 heavy (non-hydrogen) atoms. The smallest absolute Gasteiger partial charge is 0.256 e. The molecule has 0 atom stereocenters. The summed E-state index contributed by atoms with van der Waals surface area (Å²) in [5.74, 6) is -3.00. The highest BCUT2D eigenvalue weighted by atomic mass is 19.2. The second kappa shape index (κ2) is 5.71. The SMILES string of the molecule is CNCc1ccnc(Oc2ccc(F)c(F)c2)c1F. The number of benzene rings is 1. The molecule has 0 spiro atoms. The van der Waals surface area contributed by atoms with Crippen molar-refractivity contribution >= 4 is 0 Å². The summed E-state index contributed by atoms with van der Waals surface area (Å²) in [4.78, 5) is 3.73. The molecular formula is C13H11F3N2O. The number of halogens is 3. The number of nitrogens with one attached hydrogen (secondary N) is 1. The highest BCUT2D eigenvalue weighted by molar-refractivity contribution is 5.31. The van der Waals surface area contributed by atoms with Gasteiger partial charge in [-0.3, -0.25) is 0 Å². The van der Waals surface area contributed by atoms with E-state index in [9.17, 15) is 13.2 Å². The molecule has 100 valence electrons. The molecule has 1 heterocycles. The van der Waals surface area contributed by atoms with Crippen molar-refractivity contribution in [2.75, 3.05) is 7.05 Å². The maximum atomic E-state index is 13.9. The van der Waals surface area contributed by atoms with E-state index in [0.717, 1.165) is 12.1 Å². The first-order valence-corrected chi connectivity index (χ1v) is 5.52. The fourth-order valence-electron chi connectivity index (χ4n) is 1.51. The van der Waals surface area contributed by atoms with Gasteiger partial charge in [-0.05, 0) is 25.2 Å². The first kappa shape index (κ1) is 13.4. The molecule has 0 aliphatic heterocycles. The molecule has 0 aliphatic carbocycles. The van der Waals surface area contributed by atoms with Crippen molar-refractivity contribution < 1.29 is 17.9 Å². The first-order valence-electron chi connectivity index (χ1n) is 5.52. The standard InChI is InChI=1S/C13H11F3N2O/c1-17-7-8-4-5-18-13(12(8)16)19-9-2-3-10(14)11(15)6-9/h2-6,17H,7H2,1H3. The second-order valence-electron chi connectivity index (χ2n) is 3.80. The Morgan fingerprint density at radius 1 is 1.16 bits per heavy atom. The topological polar surface area (TPSA) is 34.2 Å². The average Bonchev–Trinajstić information content (AvgIpc) is 2.39. The number of rotatable bonds is 4. The predicted octanol–water partition coefficient (Wildman–Crippen LogP) is 3.01. The van der Waals surface area contributed by atoms with Crippen molar-refractivity contribution in [3.63, 3.8) is 0 Å². The average molecular weight is 268 g/mol. The number of nitrogens with zero attached hydrogens (tertiary/aromatic N) is 1. The van der Waals surface area contributed by atoms with E-state index in [-0.39, 0.29) is 11.6 Å². The Morgan fingerprint density at radius 2 is 1.95 bits per heavy atom. The van der Waals surface area contributed by atoms with Gasteiger partial charge in [0.1, 0.15) is 5.75 Å². The lowest BCUT2D eigenvalue weighted by Crippen LogP contribution is -2.08. The van der Waals surface area contributed by atoms with Crippen LogP contribution in [0.1, 0.15) is 5.56 Å². The largest absolute Gasteiger partial charge is 0.436 e.